The van der Waals surface area contributed by atoms with Crippen molar-refractivity contribution in [2.24, 2.45) is 0 Å². The maximum absolute atomic E-state index is 12.6. The van der Waals surface area contributed by atoms with Crippen molar-refractivity contribution in [3.63, 3.8) is 0 Å². The monoisotopic (exact) mass is 360 g/mol. The molecule has 2 N–H and O–H groups in total. The summed E-state index contributed by atoms with van der Waals surface area (Å²) in [6.07, 6.45) is 2.25. The van der Waals surface area contributed by atoms with Gasteiger partial charge in [0.25, 0.3) is 5.91 Å². The summed E-state index contributed by atoms with van der Waals surface area (Å²) in [7, 11) is 0. The van der Waals surface area contributed by atoms with Crippen LogP contribution in [0.4, 0.5) is 0 Å². The fourth-order valence-corrected chi connectivity index (χ4v) is 3.23. The summed E-state index contributed by atoms with van der Waals surface area (Å²) in [6, 6.07) is 11.1. The van der Waals surface area contributed by atoms with E-state index in [1.54, 1.807) is 12.3 Å². The van der Waals surface area contributed by atoms with Gasteiger partial charge in [-0.2, -0.15) is 0 Å². The van der Waals surface area contributed by atoms with Crippen LogP contribution in [0.1, 0.15) is 36.9 Å². The lowest BCUT2D eigenvalue weighted by atomic mass is 10.1. The average molecular weight is 360 g/mol. The van der Waals surface area contributed by atoms with Crippen LogP contribution in [-0.4, -0.2) is 29.7 Å². The molecule has 0 fully saturated rings. The number of hydrogen-bond donors (Lipinski definition) is 2. The molecule has 134 valence electrons. The molecule has 1 heterocycles. The third kappa shape index (κ3) is 6.31. The summed E-state index contributed by atoms with van der Waals surface area (Å²) >= 11 is 1.37. The number of furan rings is 1. The Hall–Kier alpha value is -2.21. The number of hydrogen-bond acceptors (Lipinski definition) is 4. The molecule has 1 atom stereocenters. The highest BCUT2D eigenvalue weighted by molar-refractivity contribution is 8.00. The highest BCUT2D eigenvalue weighted by Gasteiger charge is 2.16. The lowest BCUT2D eigenvalue weighted by Crippen LogP contribution is -2.34. The van der Waals surface area contributed by atoms with E-state index in [1.165, 1.54) is 11.8 Å². The molecule has 2 aromatic rings. The fraction of sp³-hybridized carbons (Fsp3) is 0.368. The second-order valence-corrected chi connectivity index (χ2v) is 7.18. The molecule has 0 saturated heterocycles. The molecule has 0 spiro atoms. The van der Waals surface area contributed by atoms with Crippen LogP contribution in [0.3, 0.4) is 0 Å². The molecule has 0 aliphatic carbocycles. The second kappa shape index (κ2) is 9.32. The van der Waals surface area contributed by atoms with Crippen molar-refractivity contribution in [3.05, 3.63) is 54.0 Å². The molecule has 1 unspecified atom stereocenters. The zero-order valence-electron chi connectivity index (χ0n) is 14.7. The summed E-state index contributed by atoms with van der Waals surface area (Å²) in [4.78, 5) is 25.2. The normalized spacial score (nSPS) is 12.0. The van der Waals surface area contributed by atoms with Gasteiger partial charge in [0.1, 0.15) is 5.76 Å². The predicted octanol–water partition coefficient (Wildman–Crippen LogP) is 3.26. The quantitative estimate of drug-likeness (QED) is 0.709. The van der Waals surface area contributed by atoms with Gasteiger partial charge < -0.3 is 15.1 Å². The van der Waals surface area contributed by atoms with Crippen LogP contribution in [0.2, 0.25) is 0 Å². The Labute approximate surface area is 152 Å². The lowest BCUT2D eigenvalue weighted by molar-refractivity contribution is -0.119. The number of carbonyl (C=O) groups is 2. The van der Waals surface area contributed by atoms with E-state index < -0.39 is 0 Å². The average Bonchev–Trinajstić information content (AvgIpc) is 3.05. The largest absolute Gasteiger partial charge is 0.469 e. The van der Waals surface area contributed by atoms with Crippen molar-refractivity contribution in [3.8, 4) is 0 Å². The number of carbonyl (C=O) groups excluding carboxylic acids is 2. The third-order valence-electron chi connectivity index (χ3n) is 3.41. The summed E-state index contributed by atoms with van der Waals surface area (Å²) in [5, 5.41) is 5.83. The molecule has 5 nitrogen and oxygen atoms in total. The van der Waals surface area contributed by atoms with Gasteiger partial charge in [-0.1, -0.05) is 12.1 Å². The van der Waals surface area contributed by atoms with Crippen LogP contribution < -0.4 is 10.6 Å². The second-order valence-electron chi connectivity index (χ2n) is 6.17. The van der Waals surface area contributed by atoms with E-state index in [2.05, 4.69) is 10.6 Å². The maximum atomic E-state index is 12.6. The molecule has 0 aliphatic heterocycles. The van der Waals surface area contributed by atoms with Crippen LogP contribution in [0.15, 0.2) is 52.0 Å². The Kier molecular flexibility index (Phi) is 7.13. The molecule has 1 aromatic heterocycles. The first kappa shape index (κ1) is 19.1. The van der Waals surface area contributed by atoms with Crippen molar-refractivity contribution in [2.75, 3.05) is 5.75 Å². The van der Waals surface area contributed by atoms with E-state index >= 15 is 0 Å². The number of amides is 2. The number of rotatable bonds is 8. The zero-order valence-corrected chi connectivity index (χ0v) is 15.6. The SMILES string of the molecule is CC(C)NC(=O)CSc1ccccc1C(=O)NC(C)Cc1ccco1. The summed E-state index contributed by atoms with van der Waals surface area (Å²) < 4.78 is 5.31. The molecule has 1 aromatic carbocycles. The van der Waals surface area contributed by atoms with Gasteiger partial charge in [-0.25, -0.2) is 0 Å². The molecule has 25 heavy (non-hydrogen) atoms. The van der Waals surface area contributed by atoms with Gasteiger partial charge in [-0.15, -0.1) is 11.8 Å². The molecule has 6 heteroatoms. The minimum Gasteiger partial charge on any atom is -0.469 e. The minimum absolute atomic E-state index is 0.0404. The number of thioether (sulfide) groups is 1. The van der Waals surface area contributed by atoms with Gasteiger partial charge in [0.15, 0.2) is 0 Å². The van der Waals surface area contributed by atoms with Gasteiger partial charge >= 0.3 is 0 Å². The Balaban J connectivity index is 1.96. The fourth-order valence-electron chi connectivity index (χ4n) is 2.37. The topological polar surface area (TPSA) is 71.3 Å². The van der Waals surface area contributed by atoms with E-state index in [1.807, 2.05) is 51.1 Å². The van der Waals surface area contributed by atoms with Crippen molar-refractivity contribution >= 4 is 23.6 Å². The van der Waals surface area contributed by atoms with Crippen LogP contribution in [0.25, 0.3) is 0 Å². The van der Waals surface area contributed by atoms with Crippen molar-refractivity contribution in [1.29, 1.82) is 0 Å². The predicted molar refractivity (Wildman–Crippen MR) is 99.8 cm³/mol. The van der Waals surface area contributed by atoms with Crippen LogP contribution >= 0.6 is 11.8 Å². The van der Waals surface area contributed by atoms with E-state index in [-0.39, 0.29) is 29.7 Å². The molecule has 0 radical (unpaired) electrons. The summed E-state index contributed by atoms with van der Waals surface area (Å²) in [5.41, 5.74) is 0.580. The van der Waals surface area contributed by atoms with Gasteiger partial charge in [0, 0.05) is 23.4 Å². The van der Waals surface area contributed by atoms with Crippen molar-refractivity contribution in [2.45, 2.75) is 44.2 Å². The van der Waals surface area contributed by atoms with Gasteiger partial charge in [0.05, 0.1) is 17.6 Å². The Morgan fingerprint density at radius 3 is 2.52 bits per heavy atom. The number of nitrogens with one attached hydrogen (secondary N) is 2. The Morgan fingerprint density at radius 2 is 1.84 bits per heavy atom. The van der Waals surface area contributed by atoms with E-state index in [4.69, 9.17) is 4.42 Å². The standard InChI is InChI=1S/C19H24N2O3S/c1-13(2)20-18(22)12-25-17-9-5-4-8-16(17)19(23)21-14(3)11-15-7-6-10-24-15/h4-10,13-14H,11-12H2,1-3H3,(H,20,22)(H,21,23). The van der Waals surface area contributed by atoms with Crippen molar-refractivity contribution in [1.82, 2.24) is 10.6 Å². The van der Waals surface area contributed by atoms with E-state index in [0.717, 1.165) is 10.7 Å². The molecule has 0 bridgehead atoms. The Bertz CT molecular complexity index is 698. The minimum atomic E-state index is -0.147. The van der Waals surface area contributed by atoms with Gasteiger partial charge in [-0.3, -0.25) is 9.59 Å². The summed E-state index contributed by atoms with van der Waals surface area (Å²) in [6.45, 7) is 5.78. The third-order valence-corrected chi connectivity index (χ3v) is 4.48. The Morgan fingerprint density at radius 1 is 1.08 bits per heavy atom. The first-order chi connectivity index (χ1) is 12.0. The molecule has 0 aliphatic rings. The molecular formula is C19H24N2O3S. The maximum Gasteiger partial charge on any atom is 0.252 e. The van der Waals surface area contributed by atoms with Gasteiger partial charge in [0.2, 0.25) is 5.91 Å². The first-order valence-electron chi connectivity index (χ1n) is 8.30. The molecule has 2 rings (SSSR count). The smallest absolute Gasteiger partial charge is 0.252 e. The van der Waals surface area contributed by atoms with E-state index in [0.29, 0.717) is 12.0 Å². The molecule has 0 saturated carbocycles. The first-order valence-corrected chi connectivity index (χ1v) is 9.28. The highest BCUT2D eigenvalue weighted by atomic mass is 32.2. The summed E-state index contributed by atoms with van der Waals surface area (Å²) in [5.74, 6) is 0.929. The van der Waals surface area contributed by atoms with Gasteiger partial charge in [-0.05, 0) is 45.0 Å². The number of benzene rings is 1. The molecule has 2 amide bonds. The lowest BCUT2D eigenvalue weighted by Gasteiger charge is -2.15. The van der Waals surface area contributed by atoms with Crippen LogP contribution in [0.5, 0.6) is 0 Å². The zero-order chi connectivity index (χ0) is 18.2. The van der Waals surface area contributed by atoms with Crippen LogP contribution in [-0.2, 0) is 11.2 Å². The van der Waals surface area contributed by atoms with Crippen molar-refractivity contribution < 1.29 is 14.0 Å². The van der Waals surface area contributed by atoms with E-state index in [9.17, 15) is 9.59 Å². The highest BCUT2D eigenvalue weighted by Crippen LogP contribution is 2.22. The molecular weight excluding hydrogens is 336 g/mol. The van der Waals surface area contributed by atoms with Crippen LogP contribution in [0, 0.1) is 0 Å².